The topological polar surface area (TPSA) is 93.7 Å². The summed E-state index contributed by atoms with van der Waals surface area (Å²) in [5.41, 5.74) is 1.94. The van der Waals surface area contributed by atoms with E-state index in [-0.39, 0.29) is 16.6 Å². The van der Waals surface area contributed by atoms with Crippen LogP contribution in [-0.4, -0.2) is 33.5 Å². The van der Waals surface area contributed by atoms with Crippen LogP contribution in [-0.2, 0) is 27.8 Å². The highest BCUT2D eigenvalue weighted by atomic mass is 32.2. The number of sulfonamides is 1. The van der Waals surface area contributed by atoms with Gasteiger partial charge >= 0.3 is 0 Å². The Morgan fingerprint density at radius 3 is 2.25 bits per heavy atom. The Labute approximate surface area is 164 Å². The molecule has 0 spiro atoms. The first kappa shape index (κ1) is 20.4. The van der Waals surface area contributed by atoms with Gasteiger partial charge in [0.25, 0.3) is 5.91 Å². The molecule has 8 heteroatoms. The molecule has 1 saturated carbocycles. The number of rotatable bonds is 9. The van der Waals surface area contributed by atoms with Gasteiger partial charge in [-0.2, -0.15) is 0 Å². The van der Waals surface area contributed by atoms with E-state index in [4.69, 9.17) is 5.14 Å². The molecule has 2 aromatic carbocycles. The predicted octanol–water partition coefficient (Wildman–Crippen LogP) is 0.379. The number of nitrogens with one attached hydrogen (secondary N) is 2. The van der Waals surface area contributed by atoms with Crippen molar-refractivity contribution in [1.29, 1.82) is 0 Å². The lowest BCUT2D eigenvalue weighted by Crippen LogP contribution is -3.13. The fraction of sp³-hybridized carbons (Fsp3) is 0.350. The molecule has 0 bridgehead atoms. The van der Waals surface area contributed by atoms with Crippen LogP contribution in [0.2, 0.25) is 0 Å². The second-order valence-electron chi connectivity index (χ2n) is 7.20. The molecule has 0 aromatic heterocycles. The van der Waals surface area contributed by atoms with Crippen LogP contribution >= 0.6 is 0 Å². The van der Waals surface area contributed by atoms with Gasteiger partial charge in [0.15, 0.2) is 6.54 Å². The summed E-state index contributed by atoms with van der Waals surface area (Å²) in [5.74, 6) is -0.281. The van der Waals surface area contributed by atoms with Gasteiger partial charge in [0.05, 0.1) is 10.9 Å². The van der Waals surface area contributed by atoms with Gasteiger partial charge in [-0.3, -0.25) is 4.79 Å². The first-order chi connectivity index (χ1) is 13.3. The van der Waals surface area contributed by atoms with Gasteiger partial charge < -0.3 is 10.2 Å². The average Bonchev–Trinajstić information content (AvgIpc) is 3.48. The van der Waals surface area contributed by atoms with Gasteiger partial charge in [-0.25, -0.2) is 17.9 Å². The van der Waals surface area contributed by atoms with E-state index in [1.54, 1.807) is 24.3 Å². The van der Waals surface area contributed by atoms with Crippen molar-refractivity contribution in [1.82, 2.24) is 5.32 Å². The molecule has 1 aliphatic rings. The van der Waals surface area contributed by atoms with Crippen molar-refractivity contribution in [3.8, 4) is 0 Å². The van der Waals surface area contributed by atoms with Crippen LogP contribution in [0.15, 0.2) is 53.4 Å². The molecule has 150 valence electrons. The molecule has 0 saturated heterocycles. The lowest BCUT2D eigenvalue weighted by atomic mass is 10.1. The fourth-order valence-electron chi connectivity index (χ4n) is 3.17. The number of halogens is 1. The van der Waals surface area contributed by atoms with E-state index in [1.807, 2.05) is 0 Å². The zero-order valence-electron chi connectivity index (χ0n) is 15.5. The fourth-order valence-corrected chi connectivity index (χ4v) is 3.68. The molecule has 1 fully saturated rings. The monoisotopic (exact) mass is 406 g/mol. The largest absolute Gasteiger partial charge is 0.351 e. The van der Waals surface area contributed by atoms with Gasteiger partial charge in [0, 0.05) is 24.9 Å². The molecular formula is C20H25FN3O3S+. The number of hydrogen-bond donors (Lipinski definition) is 3. The Morgan fingerprint density at radius 1 is 1.07 bits per heavy atom. The SMILES string of the molecule is NS(=O)(=O)c1ccc(CCNC(=O)C[NH+](Cc2ccc(F)cc2)C2CC2)cc1. The summed E-state index contributed by atoms with van der Waals surface area (Å²) in [7, 11) is -3.69. The van der Waals surface area contributed by atoms with Crippen LogP contribution in [0, 0.1) is 5.82 Å². The number of carbonyl (C=O) groups excluding carboxylic acids is 1. The van der Waals surface area contributed by atoms with E-state index in [9.17, 15) is 17.6 Å². The molecule has 1 aliphatic carbocycles. The Kier molecular flexibility index (Phi) is 6.43. The first-order valence-corrected chi connectivity index (χ1v) is 10.8. The summed E-state index contributed by atoms with van der Waals surface area (Å²) in [5, 5.41) is 8.00. The Morgan fingerprint density at radius 2 is 1.68 bits per heavy atom. The molecule has 28 heavy (non-hydrogen) atoms. The van der Waals surface area contributed by atoms with Crippen molar-refractivity contribution < 1.29 is 22.5 Å². The van der Waals surface area contributed by atoms with E-state index < -0.39 is 10.0 Å². The van der Waals surface area contributed by atoms with Crippen LogP contribution in [0.5, 0.6) is 0 Å². The van der Waals surface area contributed by atoms with Crippen molar-refractivity contribution in [2.75, 3.05) is 13.1 Å². The number of amides is 1. The summed E-state index contributed by atoms with van der Waals surface area (Å²) >= 11 is 0. The lowest BCUT2D eigenvalue weighted by Gasteiger charge is -2.19. The third kappa shape index (κ3) is 6.12. The van der Waals surface area contributed by atoms with Crippen LogP contribution in [0.4, 0.5) is 4.39 Å². The third-order valence-corrected chi connectivity index (χ3v) is 5.80. The van der Waals surface area contributed by atoms with E-state index in [0.717, 1.165) is 24.0 Å². The smallest absolute Gasteiger partial charge is 0.275 e. The van der Waals surface area contributed by atoms with Gasteiger partial charge in [0.1, 0.15) is 12.4 Å². The second kappa shape index (κ2) is 8.81. The van der Waals surface area contributed by atoms with E-state index >= 15 is 0 Å². The molecule has 1 amide bonds. The maximum atomic E-state index is 13.1. The molecule has 6 nitrogen and oxygen atoms in total. The van der Waals surface area contributed by atoms with Crippen molar-refractivity contribution in [3.63, 3.8) is 0 Å². The molecule has 0 radical (unpaired) electrons. The summed E-state index contributed by atoms with van der Waals surface area (Å²) in [4.78, 5) is 13.6. The van der Waals surface area contributed by atoms with Crippen LogP contribution in [0.1, 0.15) is 24.0 Å². The molecule has 2 aromatic rings. The maximum absolute atomic E-state index is 13.1. The van der Waals surface area contributed by atoms with Crippen LogP contribution in [0.3, 0.4) is 0 Å². The van der Waals surface area contributed by atoms with Gasteiger partial charge in [-0.1, -0.05) is 24.3 Å². The van der Waals surface area contributed by atoms with Crippen LogP contribution in [0.25, 0.3) is 0 Å². The minimum Gasteiger partial charge on any atom is -0.351 e. The Balaban J connectivity index is 1.46. The predicted molar refractivity (Wildman–Crippen MR) is 103 cm³/mol. The van der Waals surface area contributed by atoms with Crippen LogP contribution < -0.4 is 15.4 Å². The summed E-state index contributed by atoms with van der Waals surface area (Å²) in [6, 6.07) is 13.2. The highest BCUT2D eigenvalue weighted by Crippen LogP contribution is 2.16. The summed E-state index contributed by atoms with van der Waals surface area (Å²) in [6.07, 6.45) is 2.83. The second-order valence-corrected chi connectivity index (χ2v) is 8.76. The van der Waals surface area contributed by atoms with E-state index in [0.29, 0.717) is 32.1 Å². The molecule has 1 unspecified atom stereocenters. The molecular weight excluding hydrogens is 381 g/mol. The molecule has 4 N–H and O–H groups in total. The number of hydrogen-bond acceptors (Lipinski definition) is 3. The first-order valence-electron chi connectivity index (χ1n) is 9.29. The van der Waals surface area contributed by atoms with Crippen molar-refractivity contribution in [2.45, 2.75) is 36.7 Å². The van der Waals surface area contributed by atoms with Crippen molar-refractivity contribution in [3.05, 3.63) is 65.5 Å². The van der Waals surface area contributed by atoms with Gasteiger partial charge in [0.2, 0.25) is 10.0 Å². The zero-order chi connectivity index (χ0) is 20.1. The number of primary sulfonamides is 1. The van der Waals surface area contributed by atoms with Gasteiger partial charge in [-0.05, 0) is 36.2 Å². The number of quaternary nitrogens is 1. The number of nitrogens with two attached hydrogens (primary N) is 1. The quantitative estimate of drug-likeness (QED) is 0.562. The third-order valence-electron chi connectivity index (χ3n) is 4.87. The minimum atomic E-state index is -3.69. The van der Waals surface area contributed by atoms with Crippen molar-refractivity contribution >= 4 is 15.9 Å². The molecule has 0 aliphatic heterocycles. The standard InChI is InChI=1S/C20H24FN3O3S/c21-17-5-1-16(2-6-17)13-24(18-7-8-18)14-20(25)23-12-11-15-3-9-19(10-4-15)28(22,26)27/h1-6,9-10,18H,7-8,11-14H2,(H,23,25)(H2,22,26,27)/p+1. The highest BCUT2D eigenvalue weighted by Gasteiger charge is 2.34. The molecule has 1 atom stereocenters. The van der Waals surface area contributed by atoms with E-state index in [1.165, 1.54) is 29.2 Å². The summed E-state index contributed by atoms with van der Waals surface area (Å²) in [6.45, 7) is 1.56. The van der Waals surface area contributed by atoms with Crippen molar-refractivity contribution in [2.24, 2.45) is 5.14 Å². The minimum absolute atomic E-state index is 0.0230. The van der Waals surface area contributed by atoms with Gasteiger partial charge in [-0.15, -0.1) is 0 Å². The molecule has 3 rings (SSSR count). The number of carbonyl (C=O) groups is 1. The number of benzene rings is 2. The normalized spacial score (nSPS) is 15.2. The Bertz CT molecular complexity index is 911. The maximum Gasteiger partial charge on any atom is 0.275 e. The average molecular weight is 407 g/mol. The lowest BCUT2D eigenvalue weighted by molar-refractivity contribution is -0.917. The molecule has 0 heterocycles. The van der Waals surface area contributed by atoms with E-state index in [2.05, 4.69) is 5.32 Å². The summed E-state index contributed by atoms with van der Waals surface area (Å²) < 4.78 is 35.6. The zero-order valence-corrected chi connectivity index (χ0v) is 16.3. The Hall–Kier alpha value is -2.29. The highest BCUT2D eigenvalue weighted by molar-refractivity contribution is 7.89.